The monoisotopic (exact) mass is 490 g/mol. The second-order valence-corrected chi connectivity index (χ2v) is 10.1. The molecule has 35 heavy (non-hydrogen) atoms. The van der Waals surface area contributed by atoms with Crippen LogP contribution in [0.15, 0.2) is 54.0 Å². The summed E-state index contributed by atoms with van der Waals surface area (Å²) in [5.41, 5.74) is 3.04. The first-order chi connectivity index (χ1) is 16.8. The molecule has 3 aromatic rings. The Morgan fingerprint density at radius 2 is 1.86 bits per heavy atom. The molecule has 0 saturated carbocycles. The Kier molecular flexibility index (Phi) is 7.60. The number of piperidine rings is 1. The van der Waals surface area contributed by atoms with Gasteiger partial charge in [-0.25, -0.2) is 4.98 Å². The SMILES string of the molecule is Cc1cccnc1NC(=O)C1CCCN(C(=O)c2ccsc2NC(=O)c2ccc(C(C)C)cc2)C1. The third kappa shape index (κ3) is 5.77. The quantitative estimate of drug-likeness (QED) is 0.489. The van der Waals surface area contributed by atoms with Crippen LogP contribution in [0.4, 0.5) is 10.8 Å². The van der Waals surface area contributed by atoms with Gasteiger partial charge in [-0.05, 0) is 66.5 Å². The first-order valence-corrected chi connectivity index (χ1v) is 12.7. The Hall–Kier alpha value is -3.52. The van der Waals surface area contributed by atoms with Crippen molar-refractivity contribution in [1.29, 1.82) is 0 Å². The molecule has 0 bridgehead atoms. The summed E-state index contributed by atoms with van der Waals surface area (Å²) in [6, 6.07) is 12.9. The fourth-order valence-corrected chi connectivity index (χ4v) is 4.92. The molecule has 1 aromatic carbocycles. The molecule has 182 valence electrons. The highest BCUT2D eigenvalue weighted by Gasteiger charge is 2.30. The van der Waals surface area contributed by atoms with E-state index in [0.29, 0.717) is 47.4 Å². The van der Waals surface area contributed by atoms with Crippen molar-refractivity contribution in [1.82, 2.24) is 9.88 Å². The molecule has 0 spiro atoms. The van der Waals surface area contributed by atoms with E-state index in [1.54, 1.807) is 34.7 Å². The minimum Gasteiger partial charge on any atom is -0.338 e. The molecule has 0 radical (unpaired) electrons. The summed E-state index contributed by atoms with van der Waals surface area (Å²) in [5, 5.41) is 8.10. The van der Waals surface area contributed by atoms with Gasteiger partial charge in [0.1, 0.15) is 10.8 Å². The molecule has 4 rings (SSSR count). The van der Waals surface area contributed by atoms with Crippen LogP contribution < -0.4 is 10.6 Å². The largest absolute Gasteiger partial charge is 0.338 e. The lowest BCUT2D eigenvalue weighted by Crippen LogP contribution is -2.44. The van der Waals surface area contributed by atoms with Gasteiger partial charge in [0.2, 0.25) is 5.91 Å². The van der Waals surface area contributed by atoms with Crippen molar-refractivity contribution >= 4 is 39.9 Å². The first-order valence-electron chi connectivity index (χ1n) is 11.8. The highest BCUT2D eigenvalue weighted by Crippen LogP contribution is 2.28. The Morgan fingerprint density at radius 3 is 2.57 bits per heavy atom. The zero-order valence-electron chi connectivity index (χ0n) is 20.2. The number of nitrogens with zero attached hydrogens (tertiary/aromatic N) is 2. The first kappa shape index (κ1) is 24.6. The molecule has 1 unspecified atom stereocenters. The van der Waals surface area contributed by atoms with E-state index in [0.717, 1.165) is 17.5 Å². The van der Waals surface area contributed by atoms with E-state index in [1.807, 2.05) is 31.2 Å². The number of carbonyl (C=O) groups excluding carboxylic acids is 3. The van der Waals surface area contributed by atoms with E-state index in [2.05, 4.69) is 29.5 Å². The van der Waals surface area contributed by atoms with Crippen LogP contribution in [-0.4, -0.2) is 40.7 Å². The topological polar surface area (TPSA) is 91.4 Å². The van der Waals surface area contributed by atoms with Crippen molar-refractivity contribution in [3.8, 4) is 0 Å². The van der Waals surface area contributed by atoms with Gasteiger partial charge < -0.3 is 15.5 Å². The molecule has 3 amide bonds. The molecule has 3 heterocycles. The summed E-state index contributed by atoms with van der Waals surface area (Å²) in [4.78, 5) is 44.9. The lowest BCUT2D eigenvalue weighted by molar-refractivity contribution is -0.121. The lowest BCUT2D eigenvalue weighted by Gasteiger charge is -2.32. The molecule has 7 nitrogen and oxygen atoms in total. The van der Waals surface area contributed by atoms with Gasteiger partial charge in [0.05, 0.1) is 11.5 Å². The van der Waals surface area contributed by atoms with Crippen LogP contribution in [0.3, 0.4) is 0 Å². The Bertz CT molecular complexity index is 1220. The van der Waals surface area contributed by atoms with E-state index in [1.165, 1.54) is 11.3 Å². The average Bonchev–Trinajstić information content (AvgIpc) is 3.33. The van der Waals surface area contributed by atoms with Crippen molar-refractivity contribution in [3.63, 3.8) is 0 Å². The van der Waals surface area contributed by atoms with Crippen LogP contribution >= 0.6 is 11.3 Å². The second kappa shape index (κ2) is 10.8. The maximum Gasteiger partial charge on any atom is 0.256 e. The Labute approximate surface area is 209 Å². The molecule has 1 saturated heterocycles. The van der Waals surface area contributed by atoms with E-state index in [9.17, 15) is 14.4 Å². The number of thiophene rings is 1. The minimum atomic E-state index is -0.315. The van der Waals surface area contributed by atoms with Gasteiger partial charge in [-0.2, -0.15) is 0 Å². The minimum absolute atomic E-state index is 0.131. The van der Waals surface area contributed by atoms with E-state index >= 15 is 0 Å². The number of anilines is 2. The molecule has 2 N–H and O–H groups in total. The summed E-state index contributed by atoms with van der Waals surface area (Å²) in [6.07, 6.45) is 3.09. The summed E-state index contributed by atoms with van der Waals surface area (Å²) in [7, 11) is 0. The van der Waals surface area contributed by atoms with Crippen LogP contribution in [0.5, 0.6) is 0 Å². The van der Waals surface area contributed by atoms with E-state index in [-0.39, 0.29) is 23.6 Å². The fourth-order valence-electron chi connectivity index (χ4n) is 4.15. The number of aromatic nitrogens is 1. The van der Waals surface area contributed by atoms with Gasteiger partial charge in [0.25, 0.3) is 11.8 Å². The van der Waals surface area contributed by atoms with E-state index in [4.69, 9.17) is 0 Å². The number of hydrogen-bond acceptors (Lipinski definition) is 5. The molecule has 1 aliphatic heterocycles. The van der Waals surface area contributed by atoms with Gasteiger partial charge in [-0.3, -0.25) is 14.4 Å². The summed E-state index contributed by atoms with van der Waals surface area (Å²) in [6.45, 7) is 7.01. The fraction of sp³-hybridized carbons (Fsp3) is 0.333. The number of carbonyl (C=O) groups is 3. The maximum absolute atomic E-state index is 13.3. The molecule has 1 atom stereocenters. The van der Waals surface area contributed by atoms with Crippen LogP contribution in [0.1, 0.15) is 64.4 Å². The summed E-state index contributed by atoms with van der Waals surface area (Å²) < 4.78 is 0. The van der Waals surface area contributed by atoms with Gasteiger partial charge >= 0.3 is 0 Å². The predicted molar refractivity (Wildman–Crippen MR) is 139 cm³/mol. The average molecular weight is 491 g/mol. The summed E-state index contributed by atoms with van der Waals surface area (Å²) in [5.74, 6) is 0.0576. The Morgan fingerprint density at radius 1 is 1.09 bits per heavy atom. The zero-order chi connectivity index (χ0) is 24.9. The van der Waals surface area contributed by atoms with Crippen molar-refractivity contribution in [3.05, 3.63) is 76.3 Å². The standard InChI is InChI=1S/C27H30N4O3S/c1-17(2)19-8-10-20(11-9-19)24(32)30-26-22(12-15-35-26)27(34)31-14-5-7-21(16-31)25(33)29-23-18(3)6-4-13-28-23/h4,6,8-13,15,17,21H,5,7,14,16H2,1-3H3,(H,30,32)(H,28,29,33). The number of nitrogens with one attached hydrogen (secondary N) is 2. The third-order valence-electron chi connectivity index (χ3n) is 6.29. The number of rotatable bonds is 6. The van der Waals surface area contributed by atoms with Crippen LogP contribution in [0, 0.1) is 12.8 Å². The number of likely N-dealkylation sites (tertiary alicyclic amines) is 1. The molecule has 1 fully saturated rings. The molecule has 2 aromatic heterocycles. The van der Waals surface area contributed by atoms with Crippen LogP contribution in [0.2, 0.25) is 0 Å². The zero-order valence-corrected chi connectivity index (χ0v) is 21.0. The van der Waals surface area contributed by atoms with Gasteiger partial charge in [0, 0.05) is 24.8 Å². The number of amides is 3. The predicted octanol–water partition coefficient (Wildman–Crippen LogP) is 5.32. The van der Waals surface area contributed by atoms with Crippen LogP contribution in [-0.2, 0) is 4.79 Å². The molecule has 8 heteroatoms. The number of pyridine rings is 1. The molecular weight excluding hydrogens is 460 g/mol. The highest BCUT2D eigenvalue weighted by molar-refractivity contribution is 7.14. The third-order valence-corrected chi connectivity index (χ3v) is 7.12. The number of hydrogen-bond donors (Lipinski definition) is 2. The van der Waals surface area contributed by atoms with Gasteiger partial charge in [-0.1, -0.05) is 32.0 Å². The molecular formula is C27H30N4O3S. The highest BCUT2D eigenvalue weighted by atomic mass is 32.1. The lowest BCUT2D eigenvalue weighted by atomic mass is 9.96. The van der Waals surface area contributed by atoms with Crippen LogP contribution in [0.25, 0.3) is 0 Å². The number of benzene rings is 1. The van der Waals surface area contributed by atoms with Crippen molar-refractivity contribution in [2.45, 2.75) is 39.5 Å². The van der Waals surface area contributed by atoms with E-state index < -0.39 is 0 Å². The van der Waals surface area contributed by atoms with Crippen molar-refractivity contribution in [2.24, 2.45) is 5.92 Å². The van der Waals surface area contributed by atoms with Crippen molar-refractivity contribution in [2.75, 3.05) is 23.7 Å². The Balaban J connectivity index is 1.41. The second-order valence-electron chi connectivity index (χ2n) is 9.14. The van der Waals surface area contributed by atoms with Gasteiger partial charge in [-0.15, -0.1) is 11.3 Å². The summed E-state index contributed by atoms with van der Waals surface area (Å²) >= 11 is 1.32. The van der Waals surface area contributed by atoms with Crippen molar-refractivity contribution < 1.29 is 14.4 Å². The molecule has 0 aliphatic carbocycles. The van der Waals surface area contributed by atoms with Gasteiger partial charge in [0.15, 0.2) is 0 Å². The maximum atomic E-state index is 13.3. The normalized spacial score (nSPS) is 15.7. The molecule has 1 aliphatic rings. The number of aryl methyl sites for hydroxylation is 1. The smallest absolute Gasteiger partial charge is 0.256 e.